The van der Waals surface area contributed by atoms with Gasteiger partial charge in [-0.25, -0.2) is 12.1 Å². The Bertz CT molecular complexity index is 382. The Morgan fingerprint density at radius 2 is 1.62 bits per heavy atom. The van der Waals surface area contributed by atoms with Gasteiger partial charge >= 0.3 is 17.1 Å². The average Bonchev–Trinajstić information content (AvgIpc) is 2.70. The van der Waals surface area contributed by atoms with Gasteiger partial charge in [0.2, 0.25) is 0 Å². The van der Waals surface area contributed by atoms with Gasteiger partial charge in [0, 0.05) is 0 Å². The van der Waals surface area contributed by atoms with Crippen molar-refractivity contribution >= 4 is 0 Å². The van der Waals surface area contributed by atoms with E-state index in [4.69, 9.17) is 0 Å². The van der Waals surface area contributed by atoms with Gasteiger partial charge in [-0.1, -0.05) is 34.6 Å². The Labute approximate surface area is 110 Å². The molecule has 0 aliphatic heterocycles. The summed E-state index contributed by atoms with van der Waals surface area (Å²) in [6.07, 6.45) is 0. The van der Waals surface area contributed by atoms with Crippen LogP contribution < -0.4 is 0 Å². The van der Waals surface area contributed by atoms with Crippen molar-refractivity contribution in [3.8, 4) is 0 Å². The minimum absolute atomic E-state index is 0. The Hall–Kier alpha value is -0.781. The molecule has 0 aliphatic rings. The summed E-state index contributed by atoms with van der Waals surface area (Å²) < 4.78 is 0. The molecule has 0 aromatic heterocycles. The minimum Gasteiger partial charge on any atom is -0.211 e. The molecule has 0 aliphatic carbocycles. The van der Waals surface area contributed by atoms with E-state index in [0.29, 0.717) is 0 Å². The van der Waals surface area contributed by atoms with E-state index in [1.54, 1.807) is 0 Å². The maximum Gasteiger partial charge on any atom is 2.00 e. The predicted molar refractivity (Wildman–Crippen MR) is 67.8 cm³/mol. The second kappa shape index (κ2) is 6.73. The van der Waals surface area contributed by atoms with Crippen molar-refractivity contribution in [2.24, 2.45) is 0 Å². The van der Waals surface area contributed by atoms with Crippen molar-refractivity contribution in [3.63, 3.8) is 0 Å². The first kappa shape index (κ1) is 15.2. The van der Waals surface area contributed by atoms with Crippen LogP contribution in [-0.4, -0.2) is 0 Å². The van der Waals surface area contributed by atoms with Gasteiger partial charge in [0.15, 0.2) is 0 Å². The van der Waals surface area contributed by atoms with E-state index in [-0.39, 0.29) is 17.1 Å². The summed E-state index contributed by atoms with van der Waals surface area (Å²) in [6, 6.07) is 10.6. The second-order valence-corrected chi connectivity index (χ2v) is 4.22. The van der Waals surface area contributed by atoms with Crippen molar-refractivity contribution in [2.75, 3.05) is 0 Å². The molecule has 0 bridgehead atoms. The summed E-state index contributed by atoms with van der Waals surface area (Å²) in [5, 5.41) is 0. The quantitative estimate of drug-likeness (QED) is 0.485. The number of hydrogen-bond acceptors (Lipinski definition) is 0. The van der Waals surface area contributed by atoms with Crippen LogP contribution in [0.15, 0.2) is 30.3 Å². The van der Waals surface area contributed by atoms with Crippen LogP contribution in [0.1, 0.15) is 27.8 Å². The summed E-state index contributed by atoms with van der Waals surface area (Å²) >= 11 is 0. The second-order valence-electron chi connectivity index (χ2n) is 4.22. The molecule has 0 radical (unpaired) electrons. The fraction of sp³-hybridized carbons (Fsp3) is 0.333. The van der Waals surface area contributed by atoms with Crippen LogP contribution >= 0.6 is 0 Å². The zero-order valence-electron chi connectivity index (χ0n) is 10.7. The van der Waals surface area contributed by atoms with Crippen molar-refractivity contribution in [1.29, 1.82) is 0 Å². The Morgan fingerprint density at radius 3 is 1.75 bits per heavy atom. The molecule has 0 N–H and O–H groups in total. The maximum absolute atomic E-state index is 2.16. The molecule has 0 saturated heterocycles. The molecule has 0 unspecified atom stereocenters. The molecule has 88 valence electrons. The molecule has 1 heteroatoms. The van der Waals surface area contributed by atoms with Gasteiger partial charge in [0.25, 0.3) is 0 Å². The van der Waals surface area contributed by atoms with Gasteiger partial charge < -0.3 is 0 Å². The van der Waals surface area contributed by atoms with Crippen LogP contribution in [0.5, 0.6) is 0 Å². The van der Waals surface area contributed by atoms with E-state index in [1.807, 2.05) is 0 Å². The van der Waals surface area contributed by atoms with Crippen molar-refractivity contribution in [1.82, 2.24) is 0 Å². The van der Waals surface area contributed by atoms with Crippen LogP contribution in [0.25, 0.3) is 0 Å². The molecule has 0 spiro atoms. The molecule has 0 atom stereocenters. The van der Waals surface area contributed by atoms with Crippen molar-refractivity contribution in [2.45, 2.75) is 34.6 Å². The molecule has 0 amide bonds. The largest absolute Gasteiger partial charge is 2.00 e. The molecule has 2 aromatic rings. The van der Waals surface area contributed by atoms with Crippen LogP contribution in [-0.2, 0) is 17.1 Å². The summed E-state index contributed by atoms with van der Waals surface area (Å²) in [4.78, 5) is 0. The smallest absolute Gasteiger partial charge is 0.211 e. The summed E-state index contributed by atoms with van der Waals surface area (Å²) in [5.41, 5.74) is 7.02. The van der Waals surface area contributed by atoms with E-state index in [2.05, 4.69) is 65.0 Å². The van der Waals surface area contributed by atoms with Crippen LogP contribution in [0.2, 0.25) is 0 Å². The number of hydrogen-bond donors (Lipinski definition) is 0. The SMILES string of the molecule is Cc1cc[c-](C)c1C.Cc1cc[cH-]c1C.[Fe+2]. The molecule has 16 heavy (non-hydrogen) atoms. The standard InChI is InChI=1S/C8H11.C7H9.Fe/c1-6-4-5-7(2)8(6)3;1-6-4-3-5-7(6)2;/h4-5H,1-3H3;3-5H,1-2H3;/q2*-1;+2. The van der Waals surface area contributed by atoms with Gasteiger partial charge in [-0.15, -0.1) is 0 Å². The topological polar surface area (TPSA) is 0 Å². The normalized spacial score (nSPS) is 9.06. The van der Waals surface area contributed by atoms with E-state index < -0.39 is 0 Å². The van der Waals surface area contributed by atoms with Gasteiger partial charge in [0.05, 0.1) is 0 Å². The van der Waals surface area contributed by atoms with E-state index in [9.17, 15) is 0 Å². The van der Waals surface area contributed by atoms with Gasteiger partial charge in [-0.05, 0) is 0 Å². The van der Waals surface area contributed by atoms with Crippen LogP contribution in [0.4, 0.5) is 0 Å². The van der Waals surface area contributed by atoms with Gasteiger partial charge in [-0.2, -0.15) is 46.0 Å². The summed E-state index contributed by atoms with van der Waals surface area (Å²) in [5.74, 6) is 0. The third kappa shape index (κ3) is 4.00. The first-order valence-electron chi connectivity index (χ1n) is 5.40. The zero-order valence-corrected chi connectivity index (χ0v) is 11.8. The number of rotatable bonds is 0. The molecule has 0 heterocycles. The third-order valence-electron chi connectivity index (χ3n) is 3.08. The first-order chi connectivity index (χ1) is 7.02. The van der Waals surface area contributed by atoms with E-state index in [1.165, 1.54) is 27.8 Å². The fourth-order valence-electron chi connectivity index (χ4n) is 1.41. The maximum atomic E-state index is 2.16. The van der Waals surface area contributed by atoms with Crippen LogP contribution in [0, 0.1) is 34.6 Å². The molecule has 0 saturated carbocycles. The van der Waals surface area contributed by atoms with E-state index in [0.717, 1.165) is 0 Å². The van der Waals surface area contributed by atoms with E-state index >= 15 is 0 Å². The van der Waals surface area contributed by atoms with Crippen molar-refractivity contribution < 1.29 is 17.1 Å². The molecular weight excluding hydrogens is 236 g/mol. The van der Waals surface area contributed by atoms with Crippen LogP contribution in [0.3, 0.4) is 0 Å². The molecule has 2 aromatic carbocycles. The Morgan fingerprint density at radius 1 is 1.00 bits per heavy atom. The minimum atomic E-state index is 0. The molecule has 2 rings (SSSR count). The molecular formula is C15H20Fe. The zero-order chi connectivity index (χ0) is 11.4. The first-order valence-corrected chi connectivity index (χ1v) is 5.40. The molecule has 0 nitrogen and oxygen atoms in total. The van der Waals surface area contributed by atoms with Crippen molar-refractivity contribution in [3.05, 3.63) is 58.1 Å². The predicted octanol–water partition coefficient (Wildman–Crippen LogP) is 4.35. The summed E-state index contributed by atoms with van der Waals surface area (Å²) in [7, 11) is 0. The van der Waals surface area contributed by atoms with Gasteiger partial charge in [-0.3, -0.25) is 0 Å². The van der Waals surface area contributed by atoms with Gasteiger partial charge in [0.1, 0.15) is 0 Å². The fourth-order valence-corrected chi connectivity index (χ4v) is 1.41. The monoisotopic (exact) mass is 256 g/mol. The Balaban J connectivity index is 0.000000267. The number of aryl methyl sites for hydroxylation is 4. The summed E-state index contributed by atoms with van der Waals surface area (Å²) in [6.45, 7) is 10.7. The Kier molecular flexibility index (Phi) is 6.40. The molecule has 0 fully saturated rings. The average molecular weight is 256 g/mol. The third-order valence-corrected chi connectivity index (χ3v) is 3.08.